The SMILES string of the molecule is CN(C)[C@@H](CNC(=O)Cc1nn(C)c(=O)c2ccccc12)c1ccsc1. The summed E-state index contributed by atoms with van der Waals surface area (Å²) in [5, 5.41) is 12.7. The van der Waals surface area contributed by atoms with E-state index in [9.17, 15) is 9.59 Å². The Hall–Kier alpha value is -2.51. The molecule has 26 heavy (non-hydrogen) atoms. The van der Waals surface area contributed by atoms with E-state index in [1.807, 2.05) is 37.7 Å². The molecule has 0 aliphatic carbocycles. The van der Waals surface area contributed by atoms with Crippen molar-refractivity contribution in [3.8, 4) is 0 Å². The Balaban J connectivity index is 1.75. The molecule has 0 fully saturated rings. The van der Waals surface area contributed by atoms with Crippen molar-refractivity contribution in [3.05, 3.63) is 62.7 Å². The molecule has 3 rings (SSSR count). The van der Waals surface area contributed by atoms with Crippen LogP contribution in [0.1, 0.15) is 17.3 Å². The number of benzene rings is 1. The van der Waals surface area contributed by atoms with Crippen LogP contribution in [0.5, 0.6) is 0 Å². The Bertz CT molecular complexity index is 963. The van der Waals surface area contributed by atoms with E-state index in [1.165, 1.54) is 10.2 Å². The number of fused-ring (bicyclic) bond motifs is 1. The monoisotopic (exact) mass is 370 g/mol. The van der Waals surface area contributed by atoms with Crippen molar-refractivity contribution in [1.82, 2.24) is 20.0 Å². The Kier molecular flexibility index (Phi) is 5.49. The zero-order chi connectivity index (χ0) is 18.7. The minimum absolute atomic E-state index is 0.108. The molecular weight excluding hydrogens is 348 g/mol. The van der Waals surface area contributed by atoms with Crippen LogP contribution in [0, 0.1) is 0 Å². The highest BCUT2D eigenvalue weighted by Crippen LogP contribution is 2.20. The number of aromatic nitrogens is 2. The highest BCUT2D eigenvalue weighted by atomic mass is 32.1. The van der Waals surface area contributed by atoms with Gasteiger partial charge in [0.05, 0.1) is 23.5 Å². The van der Waals surface area contributed by atoms with Gasteiger partial charge in [0.15, 0.2) is 0 Å². The summed E-state index contributed by atoms with van der Waals surface area (Å²) in [6.45, 7) is 0.520. The first-order valence-electron chi connectivity index (χ1n) is 8.37. The van der Waals surface area contributed by atoms with Gasteiger partial charge in [-0.3, -0.25) is 9.59 Å². The van der Waals surface area contributed by atoms with Crippen LogP contribution in [0.3, 0.4) is 0 Å². The van der Waals surface area contributed by atoms with Gasteiger partial charge in [0, 0.05) is 19.0 Å². The van der Waals surface area contributed by atoms with E-state index in [1.54, 1.807) is 24.5 Å². The normalized spacial score (nSPS) is 12.5. The number of hydrogen-bond acceptors (Lipinski definition) is 5. The number of carbonyl (C=O) groups is 1. The number of nitrogens with one attached hydrogen (secondary N) is 1. The van der Waals surface area contributed by atoms with Gasteiger partial charge < -0.3 is 10.2 Å². The van der Waals surface area contributed by atoms with Crippen molar-refractivity contribution in [1.29, 1.82) is 0 Å². The summed E-state index contributed by atoms with van der Waals surface area (Å²) < 4.78 is 1.29. The molecule has 1 amide bonds. The van der Waals surface area contributed by atoms with Crippen LogP contribution in [0.15, 0.2) is 45.9 Å². The van der Waals surface area contributed by atoms with E-state index in [0.717, 1.165) is 5.39 Å². The lowest BCUT2D eigenvalue weighted by Gasteiger charge is -2.24. The van der Waals surface area contributed by atoms with E-state index in [0.29, 0.717) is 17.6 Å². The van der Waals surface area contributed by atoms with Crippen molar-refractivity contribution in [2.24, 2.45) is 7.05 Å². The first-order chi connectivity index (χ1) is 12.5. The third kappa shape index (κ3) is 3.84. The van der Waals surface area contributed by atoms with E-state index in [4.69, 9.17) is 0 Å². The second-order valence-corrected chi connectivity index (χ2v) is 7.22. The summed E-state index contributed by atoms with van der Waals surface area (Å²) in [5.74, 6) is -0.108. The summed E-state index contributed by atoms with van der Waals surface area (Å²) in [6, 6.07) is 9.46. The molecular formula is C19H22N4O2S. The predicted octanol–water partition coefficient (Wildman–Crippen LogP) is 1.96. The molecule has 1 N–H and O–H groups in total. The van der Waals surface area contributed by atoms with Crippen molar-refractivity contribution in [3.63, 3.8) is 0 Å². The van der Waals surface area contributed by atoms with Gasteiger partial charge in [-0.05, 0) is 42.6 Å². The number of rotatable bonds is 6. The van der Waals surface area contributed by atoms with Crippen molar-refractivity contribution in [2.45, 2.75) is 12.5 Å². The zero-order valence-corrected chi connectivity index (χ0v) is 15.9. The first-order valence-corrected chi connectivity index (χ1v) is 9.32. The van der Waals surface area contributed by atoms with E-state index in [-0.39, 0.29) is 23.9 Å². The number of amides is 1. The molecule has 136 valence electrons. The average molecular weight is 370 g/mol. The molecule has 1 aromatic carbocycles. The molecule has 3 aromatic rings. The maximum Gasteiger partial charge on any atom is 0.274 e. The maximum atomic E-state index is 12.5. The van der Waals surface area contributed by atoms with Gasteiger partial charge in [-0.2, -0.15) is 16.4 Å². The van der Waals surface area contributed by atoms with Gasteiger partial charge in [-0.15, -0.1) is 0 Å². The first kappa shape index (κ1) is 18.3. The van der Waals surface area contributed by atoms with Crippen molar-refractivity contribution in [2.75, 3.05) is 20.6 Å². The molecule has 1 atom stereocenters. The van der Waals surface area contributed by atoms with Crippen molar-refractivity contribution >= 4 is 28.0 Å². The fraction of sp³-hybridized carbons (Fsp3) is 0.316. The maximum absolute atomic E-state index is 12.5. The van der Waals surface area contributed by atoms with E-state index >= 15 is 0 Å². The molecule has 0 saturated heterocycles. The predicted molar refractivity (Wildman–Crippen MR) is 104 cm³/mol. The number of likely N-dealkylation sites (N-methyl/N-ethyl adjacent to an activating group) is 1. The van der Waals surface area contributed by atoms with Crippen LogP contribution in [0.25, 0.3) is 10.8 Å². The summed E-state index contributed by atoms with van der Waals surface area (Å²) in [5.41, 5.74) is 1.64. The van der Waals surface area contributed by atoms with Gasteiger partial charge in [0.2, 0.25) is 5.91 Å². The molecule has 0 bridgehead atoms. The van der Waals surface area contributed by atoms with Crippen LogP contribution in [0.4, 0.5) is 0 Å². The molecule has 6 nitrogen and oxygen atoms in total. The van der Waals surface area contributed by atoms with Crippen LogP contribution < -0.4 is 10.9 Å². The highest BCUT2D eigenvalue weighted by molar-refractivity contribution is 7.07. The standard InChI is InChI=1S/C19H22N4O2S/c1-22(2)17(13-8-9-26-12-13)11-20-18(24)10-16-14-6-4-5-7-15(14)19(25)23(3)21-16/h4-9,12,17H,10-11H2,1-3H3,(H,20,24)/t17-/m0/s1. The number of hydrogen-bond donors (Lipinski definition) is 1. The van der Waals surface area contributed by atoms with Crippen LogP contribution in [0.2, 0.25) is 0 Å². The fourth-order valence-electron chi connectivity index (χ4n) is 2.99. The van der Waals surface area contributed by atoms with Gasteiger partial charge >= 0.3 is 0 Å². The molecule has 0 aliphatic heterocycles. The summed E-state index contributed by atoms with van der Waals surface area (Å²) in [4.78, 5) is 26.8. The Labute approximate surface area is 156 Å². The highest BCUT2D eigenvalue weighted by Gasteiger charge is 2.17. The smallest absolute Gasteiger partial charge is 0.274 e. The molecule has 0 aliphatic rings. The minimum atomic E-state index is -0.158. The van der Waals surface area contributed by atoms with Crippen LogP contribution in [-0.2, 0) is 18.3 Å². The summed E-state index contributed by atoms with van der Waals surface area (Å²) in [6.07, 6.45) is 0.137. The molecule has 0 saturated carbocycles. The molecule has 2 heterocycles. The summed E-state index contributed by atoms with van der Waals surface area (Å²) >= 11 is 1.64. The Morgan fingerprint density at radius 1 is 1.27 bits per heavy atom. The second kappa shape index (κ2) is 7.80. The average Bonchev–Trinajstić information content (AvgIpc) is 3.13. The lowest BCUT2D eigenvalue weighted by molar-refractivity contribution is -0.120. The van der Waals surface area contributed by atoms with Crippen LogP contribution >= 0.6 is 11.3 Å². The molecule has 0 spiro atoms. The molecule has 0 unspecified atom stereocenters. The van der Waals surface area contributed by atoms with Gasteiger partial charge in [0.1, 0.15) is 0 Å². The van der Waals surface area contributed by atoms with E-state index < -0.39 is 0 Å². The minimum Gasteiger partial charge on any atom is -0.354 e. The largest absolute Gasteiger partial charge is 0.354 e. The van der Waals surface area contributed by atoms with E-state index in [2.05, 4.69) is 26.8 Å². The zero-order valence-electron chi connectivity index (χ0n) is 15.1. The lowest BCUT2D eigenvalue weighted by Crippen LogP contribution is -2.35. The third-order valence-corrected chi connectivity index (χ3v) is 5.11. The van der Waals surface area contributed by atoms with Gasteiger partial charge in [0.25, 0.3) is 5.56 Å². The quantitative estimate of drug-likeness (QED) is 0.720. The number of nitrogens with zero attached hydrogens (tertiary/aromatic N) is 3. The molecule has 2 aromatic heterocycles. The number of thiophene rings is 1. The molecule has 0 radical (unpaired) electrons. The van der Waals surface area contributed by atoms with Gasteiger partial charge in [-0.25, -0.2) is 4.68 Å². The van der Waals surface area contributed by atoms with Gasteiger partial charge in [-0.1, -0.05) is 18.2 Å². The number of carbonyl (C=O) groups excluding carboxylic acids is 1. The second-order valence-electron chi connectivity index (χ2n) is 6.44. The Morgan fingerprint density at radius 3 is 2.65 bits per heavy atom. The molecule has 7 heteroatoms. The number of aryl methyl sites for hydroxylation is 1. The topological polar surface area (TPSA) is 67.2 Å². The third-order valence-electron chi connectivity index (χ3n) is 4.40. The fourth-order valence-corrected chi connectivity index (χ4v) is 3.70. The summed E-state index contributed by atoms with van der Waals surface area (Å²) in [7, 11) is 5.60. The van der Waals surface area contributed by atoms with Crippen LogP contribution in [-0.4, -0.2) is 41.2 Å². The Morgan fingerprint density at radius 2 is 2.00 bits per heavy atom. The van der Waals surface area contributed by atoms with Crippen molar-refractivity contribution < 1.29 is 4.79 Å². The lowest BCUT2D eigenvalue weighted by atomic mass is 10.1.